The number of benzene rings is 1. The van der Waals surface area contributed by atoms with E-state index in [4.69, 9.17) is 4.74 Å². The summed E-state index contributed by atoms with van der Waals surface area (Å²) in [5, 5.41) is 2.72. The normalized spacial score (nSPS) is 22.1. The van der Waals surface area contributed by atoms with E-state index in [0.29, 0.717) is 11.4 Å². The van der Waals surface area contributed by atoms with Crippen LogP contribution in [-0.4, -0.2) is 30.5 Å². The number of piperazine rings is 1. The molecule has 1 atom stereocenters. The summed E-state index contributed by atoms with van der Waals surface area (Å²) in [5.41, 5.74) is -0.230. The minimum atomic E-state index is -0.896. The Balaban J connectivity index is 2.45. The molecule has 102 valence electrons. The van der Waals surface area contributed by atoms with Crippen molar-refractivity contribution in [1.82, 2.24) is 5.32 Å². The van der Waals surface area contributed by atoms with E-state index in [-0.39, 0.29) is 11.8 Å². The third-order valence-electron chi connectivity index (χ3n) is 3.29. The van der Waals surface area contributed by atoms with Crippen LogP contribution in [-0.2, 0) is 9.59 Å². The first-order valence-corrected chi connectivity index (χ1v) is 6.16. The van der Waals surface area contributed by atoms with Crippen LogP contribution in [0.25, 0.3) is 0 Å². The maximum atomic E-state index is 12.5. The SMILES string of the molecule is COc1cccc(N2C(=O)C(C)(C)NC(=O)C2C)c1. The second-order valence-corrected chi connectivity index (χ2v) is 5.17. The summed E-state index contributed by atoms with van der Waals surface area (Å²) in [6, 6.07) is 6.61. The Bertz CT molecular complexity index is 525. The third kappa shape index (κ3) is 2.28. The Morgan fingerprint density at radius 1 is 1.32 bits per heavy atom. The highest BCUT2D eigenvalue weighted by Crippen LogP contribution is 2.28. The lowest BCUT2D eigenvalue weighted by Crippen LogP contribution is -2.67. The van der Waals surface area contributed by atoms with Crippen molar-refractivity contribution in [2.24, 2.45) is 0 Å². The van der Waals surface area contributed by atoms with Gasteiger partial charge in [-0.15, -0.1) is 0 Å². The second kappa shape index (κ2) is 4.57. The highest BCUT2D eigenvalue weighted by Gasteiger charge is 2.44. The average molecular weight is 262 g/mol. The fraction of sp³-hybridized carbons (Fsp3) is 0.429. The van der Waals surface area contributed by atoms with E-state index in [1.165, 1.54) is 4.90 Å². The van der Waals surface area contributed by atoms with E-state index in [1.807, 2.05) is 0 Å². The summed E-state index contributed by atoms with van der Waals surface area (Å²) < 4.78 is 5.16. The molecule has 0 spiro atoms. The van der Waals surface area contributed by atoms with Crippen LogP contribution in [0, 0.1) is 0 Å². The number of carbonyl (C=O) groups excluding carboxylic acids is 2. The van der Waals surface area contributed by atoms with Crippen molar-refractivity contribution in [2.45, 2.75) is 32.4 Å². The monoisotopic (exact) mass is 262 g/mol. The molecule has 5 nitrogen and oxygen atoms in total. The topological polar surface area (TPSA) is 58.6 Å². The molecule has 1 unspecified atom stereocenters. The molecule has 0 aromatic heterocycles. The van der Waals surface area contributed by atoms with Crippen LogP contribution in [0.2, 0.25) is 0 Å². The lowest BCUT2D eigenvalue weighted by molar-refractivity contribution is -0.136. The quantitative estimate of drug-likeness (QED) is 0.874. The van der Waals surface area contributed by atoms with Crippen LogP contribution in [0.15, 0.2) is 24.3 Å². The Kier molecular flexibility index (Phi) is 3.22. The number of nitrogens with zero attached hydrogens (tertiary/aromatic N) is 1. The van der Waals surface area contributed by atoms with Gasteiger partial charge in [-0.05, 0) is 32.9 Å². The summed E-state index contributed by atoms with van der Waals surface area (Å²) in [5.74, 6) is 0.363. The standard InChI is InChI=1S/C14H18N2O3/c1-9-12(17)15-14(2,3)13(18)16(9)10-6-5-7-11(8-10)19-4/h5-9H,1-4H3,(H,15,17). The molecular weight excluding hydrogens is 244 g/mol. The molecule has 1 saturated heterocycles. The number of hydrogen-bond acceptors (Lipinski definition) is 3. The summed E-state index contributed by atoms with van der Waals surface area (Å²) >= 11 is 0. The van der Waals surface area contributed by atoms with Crippen molar-refractivity contribution in [3.8, 4) is 5.75 Å². The molecule has 5 heteroatoms. The van der Waals surface area contributed by atoms with Gasteiger partial charge in [0.1, 0.15) is 17.3 Å². The third-order valence-corrected chi connectivity index (χ3v) is 3.29. The van der Waals surface area contributed by atoms with Gasteiger partial charge >= 0.3 is 0 Å². The summed E-state index contributed by atoms with van der Waals surface area (Å²) in [6.45, 7) is 5.11. The summed E-state index contributed by atoms with van der Waals surface area (Å²) in [4.78, 5) is 25.9. The molecule has 19 heavy (non-hydrogen) atoms. The number of ether oxygens (including phenoxy) is 1. The number of methoxy groups -OCH3 is 1. The van der Waals surface area contributed by atoms with Crippen molar-refractivity contribution < 1.29 is 14.3 Å². The molecule has 0 aliphatic carbocycles. The second-order valence-electron chi connectivity index (χ2n) is 5.17. The van der Waals surface area contributed by atoms with Gasteiger partial charge in [0, 0.05) is 11.8 Å². The van der Waals surface area contributed by atoms with E-state index in [1.54, 1.807) is 52.1 Å². The summed E-state index contributed by atoms with van der Waals surface area (Å²) in [7, 11) is 1.57. The molecule has 1 heterocycles. The van der Waals surface area contributed by atoms with Crippen LogP contribution in [0.5, 0.6) is 5.75 Å². The number of nitrogens with one attached hydrogen (secondary N) is 1. The van der Waals surface area contributed by atoms with Crippen LogP contribution in [0.1, 0.15) is 20.8 Å². The Morgan fingerprint density at radius 3 is 2.63 bits per heavy atom. The molecule has 0 saturated carbocycles. The zero-order chi connectivity index (χ0) is 14.2. The highest BCUT2D eigenvalue weighted by atomic mass is 16.5. The van der Waals surface area contributed by atoms with Crippen LogP contribution < -0.4 is 15.0 Å². The fourth-order valence-corrected chi connectivity index (χ4v) is 2.16. The lowest BCUT2D eigenvalue weighted by atomic mass is 9.96. The van der Waals surface area contributed by atoms with Crippen LogP contribution >= 0.6 is 0 Å². The van der Waals surface area contributed by atoms with E-state index in [9.17, 15) is 9.59 Å². The highest BCUT2D eigenvalue weighted by molar-refractivity contribution is 6.10. The first-order chi connectivity index (χ1) is 8.86. The van der Waals surface area contributed by atoms with E-state index in [0.717, 1.165) is 0 Å². The maximum Gasteiger partial charge on any atom is 0.252 e. The lowest BCUT2D eigenvalue weighted by Gasteiger charge is -2.41. The average Bonchev–Trinajstić information content (AvgIpc) is 2.37. The van der Waals surface area contributed by atoms with Crippen molar-refractivity contribution in [2.75, 3.05) is 12.0 Å². The summed E-state index contributed by atoms with van der Waals surface area (Å²) in [6.07, 6.45) is 0. The van der Waals surface area contributed by atoms with Gasteiger partial charge in [-0.25, -0.2) is 0 Å². The van der Waals surface area contributed by atoms with Gasteiger partial charge in [0.25, 0.3) is 5.91 Å². The molecule has 2 amide bonds. The number of rotatable bonds is 2. The van der Waals surface area contributed by atoms with Gasteiger partial charge in [-0.2, -0.15) is 0 Å². The first-order valence-electron chi connectivity index (χ1n) is 6.16. The molecule has 1 aliphatic rings. The molecule has 1 fully saturated rings. The van der Waals surface area contributed by atoms with Crippen molar-refractivity contribution in [3.05, 3.63) is 24.3 Å². The Labute approximate surface area is 112 Å². The number of hydrogen-bond donors (Lipinski definition) is 1. The number of anilines is 1. The maximum absolute atomic E-state index is 12.5. The molecule has 0 radical (unpaired) electrons. The molecule has 1 aromatic rings. The number of amides is 2. The molecule has 2 rings (SSSR count). The Morgan fingerprint density at radius 2 is 2.00 bits per heavy atom. The zero-order valence-corrected chi connectivity index (χ0v) is 11.6. The van der Waals surface area contributed by atoms with Crippen molar-refractivity contribution in [1.29, 1.82) is 0 Å². The van der Waals surface area contributed by atoms with Gasteiger partial charge in [0.2, 0.25) is 5.91 Å². The molecule has 0 bridgehead atoms. The zero-order valence-electron chi connectivity index (χ0n) is 11.6. The first kappa shape index (κ1) is 13.4. The predicted molar refractivity (Wildman–Crippen MR) is 72.2 cm³/mol. The van der Waals surface area contributed by atoms with Crippen LogP contribution in [0.3, 0.4) is 0 Å². The van der Waals surface area contributed by atoms with E-state index < -0.39 is 11.6 Å². The molecule has 1 N–H and O–H groups in total. The van der Waals surface area contributed by atoms with Gasteiger partial charge in [0.15, 0.2) is 0 Å². The van der Waals surface area contributed by atoms with Gasteiger partial charge in [0.05, 0.1) is 7.11 Å². The largest absolute Gasteiger partial charge is 0.497 e. The Hall–Kier alpha value is -2.04. The smallest absolute Gasteiger partial charge is 0.252 e. The van der Waals surface area contributed by atoms with Crippen molar-refractivity contribution >= 4 is 17.5 Å². The number of carbonyl (C=O) groups is 2. The fourth-order valence-electron chi connectivity index (χ4n) is 2.16. The van der Waals surface area contributed by atoms with Gasteiger partial charge in [-0.1, -0.05) is 6.07 Å². The molecule has 1 aromatic carbocycles. The molecule has 1 aliphatic heterocycles. The van der Waals surface area contributed by atoms with Gasteiger partial charge < -0.3 is 10.1 Å². The van der Waals surface area contributed by atoms with E-state index in [2.05, 4.69) is 5.32 Å². The minimum absolute atomic E-state index is 0.132. The minimum Gasteiger partial charge on any atom is -0.497 e. The van der Waals surface area contributed by atoms with Crippen molar-refractivity contribution in [3.63, 3.8) is 0 Å². The predicted octanol–water partition coefficient (Wildman–Crippen LogP) is 1.33. The van der Waals surface area contributed by atoms with Crippen LogP contribution in [0.4, 0.5) is 5.69 Å². The van der Waals surface area contributed by atoms with Gasteiger partial charge in [-0.3, -0.25) is 14.5 Å². The van der Waals surface area contributed by atoms with E-state index >= 15 is 0 Å². The molecular formula is C14H18N2O3.